The zero-order valence-corrected chi connectivity index (χ0v) is 15.2. The number of benzene rings is 1. The third-order valence-corrected chi connectivity index (χ3v) is 5.13. The van der Waals surface area contributed by atoms with Crippen LogP contribution >= 0.6 is 23.1 Å². The van der Waals surface area contributed by atoms with Gasteiger partial charge in [0.05, 0.1) is 0 Å². The molecule has 1 saturated heterocycles. The van der Waals surface area contributed by atoms with Crippen molar-refractivity contribution in [1.82, 2.24) is 14.7 Å². The van der Waals surface area contributed by atoms with E-state index in [9.17, 15) is 4.79 Å². The summed E-state index contributed by atoms with van der Waals surface area (Å²) in [5, 5.41) is 4.56. The van der Waals surface area contributed by atoms with Gasteiger partial charge < -0.3 is 10.2 Å². The van der Waals surface area contributed by atoms with Gasteiger partial charge in [0.25, 0.3) is 0 Å². The minimum absolute atomic E-state index is 0.101. The van der Waals surface area contributed by atoms with E-state index in [2.05, 4.69) is 26.5 Å². The number of rotatable bonds is 6. The van der Waals surface area contributed by atoms with Crippen LogP contribution in [0.3, 0.4) is 0 Å². The Morgan fingerprint density at radius 2 is 2.21 bits per heavy atom. The maximum Gasteiger partial charge on any atom is 0.242 e. The van der Waals surface area contributed by atoms with E-state index >= 15 is 0 Å². The fourth-order valence-electron chi connectivity index (χ4n) is 2.85. The fourth-order valence-corrected chi connectivity index (χ4v) is 3.74. The number of nitrogens with zero attached hydrogens (tertiary/aromatic N) is 3. The summed E-state index contributed by atoms with van der Waals surface area (Å²) in [4.78, 5) is 19.0. The molecule has 0 radical (unpaired) electrons. The normalized spacial score (nSPS) is 17.2. The molecule has 0 aliphatic carbocycles. The Bertz CT molecular complexity index is 688. The highest BCUT2D eigenvalue weighted by Gasteiger charge is 2.32. The summed E-state index contributed by atoms with van der Waals surface area (Å²) in [7, 11) is 0. The summed E-state index contributed by atoms with van der Waals surface area (Å²) < 4.78 is 4.46. The third-order valence-electron chi connectivity index (χ3n) is 4.08. The number of hydrogen-bond acceptors (Lipinski definition) is 5. The molecule has 0 unspecified atom stereocenters. The first-order valence-electron chi connectivity index (χ1n) is 8.28. The van der Waals surface area contributed by atoms with Crippen molar-refractivity contribution >= 4 is 34.2 Å². The van der Waals surface area contributed by atoms with Crippen molar-refractivity contribution in [3.63, 3.8) is 0 Å². The minimum atomic E-state index is -0.118. The molecule has 7 heteroatoms. The first-order chi connectivity index (χ1) is 11.7. The summed E-state index contributed by atoms with van der Waals surface area (Å²) in [6, 6.07) is 7.60. The lowest BCUT2D eigenvalue weighted by molar-refractivity contribution is -0.122. The summed E-state index contributed by atoms with van der Waals surface area (Å²) in [5.74, 6) is 0.890. The van der Waals surface area contributed by atoms with Gasteiger partial charge in [0.1, 0.15) is 11.9 Å². The first-order valence-corrected chi connectivity index (χ1v) is 9.44. The van der Waals surface area contributed by atoms with Crippen LogP contribution in [-0.4, -0.2) is 34.4 Å². The average Bonchev–Trinajstić information content (AvgIpc) is 3.23. The van der Waals surface area contributed by atoms with Crippen molar-refractivity contribution in [2.24, 2.45) is 0 Å². The molecule has 1 aliphatic heterocycles. The Morgan fingerprint density at radius 1 is 1.42 bits per heavy atom. The Morgan fingerprint density at radius 3 is 2.96 bits per heavy atom. The molecule has 1 aromatic heterocycles. The van der Waals surface area contributed by atoms with Gasteiger partial charge in [-0.05, 0) is 37.0 Å². The Labute approximate surface area is 151 Å². The Kier molecular flexibility index (Phi) is 5.68. The molecule has 1 aromatic carbocycles. The molecule has 2 heterocycles. The smallest absolute Gasteiger partial charge is 0.242 e. The zero-order chi connectivity index (χ0) is 16.9. The van der Waals surface area contributed by atoms with Gasteiger partial charge in [-0.2, -0.15) is 4.37 Å². The van der Waals surface area contributed by atoms with E-state index < -0.39 is 0 Å². The van der Waals surface area contributed by atoms with Gasteiger partial charge in [0.2, 0.25) is 11.0 Å². The highest BCUT2D eigenvalue weighted by atomic mass is 35.5. The number of hydrogen-bond donors (Lipinski definition) is 1. The van der Waals surface area contributed by atoms with Crippen molar-refractivity contribution in [2.75, 3.05) is 18.0 Å². The van der Waals surface area contributed by atoms with E-state index in [1.165, 1.54) is 11.5 Å². The summed E-state index contributed by atoms with van der Waals surface area (Å²) in [6.45, 7) is 3.64. The number of halogens is 1. The SMILES string of the molecule is CCCNC(=O)[C@@H]1CCCN1c1nc(Cc2ccc(Cl)cc2)ns1. The third kappa shape index (κ3) is 4.05. The van der Waals surface area contributed by atoms with Crippen LogP contribution in [0.1, 0.15) is 37.6 Å². The second-order valence-electron chi connectivity index (χ2n) is 5.94. The second kappa shape index (κ2) is 7.94. The van der Waals surface area contributed by atoms with E-state index in [0.29, 0.717) is 6.42 Å². The molecule has 1 atom stereocenters. The summed E-state index contributed by atoms with van der Waals surface area (Å²) >= 11 is 7.29. The average molecular weight is 365 g/mol. The number of amides is 1. The lowest BCUT2D eigenvalue weighted by atomic mass is 10.1. The lowest BCUT2D eigenvalue weighted by Gasteiger charge is -2.22. The Hall–Kier alpha value is -1.66. The molecule has 2 aromatic rings. The quantitative estimate of drug-likeness (QED) is 0.854. The van der Waals surface area contributed by atoms with Crippen LogP contribution in [0.5, 0.6) is 0 Å². The molecule has 5 nitrogen and oxygen atoms in total. The minimum Gasteiger partial charge on any atom is -0.354 e. The predicted molar refractivity (Wildman–Crippen MR) is 97.8 cm³/mol. The molecule has 1 aliphatic rings. The molecule has 1 fully saturated rings. The van der Waals surface area contributed by atoms with E-state index in [0.717, 1.165) is 53.9 Å². The molecule has 3 rings (SSSR count). The van der Waals surface area contributed by atoms with Crippen LogP contribution in [0.15, 0.2) is 24.3 Å². The molecule has 24 heavy (non-hydrogen) atoms. The standard InChI is InChI=1S/C17H21ClN4OS/c1-2-9-19-16(23)14-4-3-10-22(14)17-20-15(21-24-17)11-12-5-7-13(18)8-6-12/h5-8,14H,2-4,9-11H2,1H3,(H,19,23)/t14-/m0/s1. The van der Waals surface area contributed by atoms with Crippen LogP contribution < -0.4 is 10.2 Å². The van der Waals surface area contributed by atoms with Gasteiger partial charge >= 0.3 is 0 Å². The second-order valence-corrected chi connectivity index (χ2v) is 7.11. The van der Waals surface area contributed by atoms with Crippen LogP contribution in [-0.2, 0) is 11.2 Å². The van der Waals surface area contributed by atoms with Crippen LogP contribution in [0.4, 0.5) is 5.13 Å². The van der Waals surface area contributed by atoms with E-state index in [1.54, 1.807) is 0 Å². The number of aromatic nitrogens is 2. The molecule has 1 N–H and O–H groups in total. The summed E-state index contributed by atoms with van der Waals surface area (Å²) in [6.07, 6.45) is 3.51. The molecule has 0 saturated carbocycles. The van der Waals surface area contributed by atoms with Crippen molar-refractivity contribution in [3.05, 3.63) is 40.7 Å². The largest absolute Gasteiger partial charge is 0.354 e. The van der Waals surface area contributed by atoms with Gasteiger partial charge in [0, 0.05) is 36.1 Å². The van der Waals surface area contributed by atoms with Gasteiger partial charge in [-0.25, -0.2) is 4.98 Å². The van der Waals surface area contributed by atoms with E-state index in [1.807, 2.05) is 24.3 Å². The summed E-state index contributed by atoms with van der Waals surface area (Å²) in [5.41, 5.74) is 1.13. The lowest BCUT2D eigenvalue weighted by Crippen LogP contribution is -2.43. The number of anilines is 1. The van der Waals surface area contributed by atoms with Crippen molar-refractivity contribution in [3.8, 4) is 0 Å². The monoisotopic (exact) mass is 364 g/mol. The van der Waals surface area contributed by atoms with Gasteiger partial charge in [0.15, 0.2) is 0 Å². The van der Waals surface area contributed by atoms with Gasteiger partial charge in [-0.1, -0.05) is 30.7 Å². The maximum atomic E-state index is 12.3. The molecule has 0 spiro atoms. The zero-order valence-electron chi connectivity index (χ0n) is 13.7. The number of carbonyl (C=O) groups excluding carboxylic acids is 1. The number of nitrogens with one attached hydrogen (secondary N) is 1. The van der Waals surface area contributed by atoms with Gasteiger partial charge in [-0.15, -0.1) is 0 Å². The topological polar surface area (TPSA) is 58.1 Å². The first kappa shape index (κ1) is 17.2. The fraction of sp³-hybridized carbons (Fsp3) is 0.471. The highest BCUT2D eigenvalue weighted by Crippen LogP contribution is 2.27. The highest BCUT2D eigenvalue weighted by molar-refractivity contribution is 7.09. The van der Waals surface area contributed by atoms with Crippen molar-refractivity contribution in [1.29, 1.82) is 0 Å². The van der Waals surface area contributed by atoms with Crippen LogP contribution in [0.25, 0.3) is 0 Å². The molecular formula is C17H21ClN4OS. The Balaban J connectivity index is 1.67. The maximum absolute atomic E-state index is 12.3. The van der Waals surface area contributed by atoms with Gasteiger partial charge in [-0.3, -0.25) is 4.79 Å². The number of carbonyl (C=O) groups is 1. The van der Waals surface area contributed by atoms with Crippen LogP contribution in [0.2, 0.25) is 5.02 Å². The molecule has 1 amide bonds. The van der Waals surface area contributed by atoms with E-state index in [4.69, 9.17) is 11.6 Å². The predicted octanol–water partition coefficient (Wildman–Crippen LogP) is 3.28. The molecule has 0 bridgehead atoms. The molecular weight excluding hydrogens is 344 g/mol. The van der Waals surface area contributed by atoms with Crippen molar-refractivity contribution < 1.29 is 4.79 Å². The molecule has 128 valence electrons. The van der Waals surface area contributed by atoms with Crippen molar-refractivity contribution in [2.45, 2.75) is 38.6 Å². The van der Waals surface area contributed by atoms with Crippen LogP contribution in [0, 0.1) is 0 Å². The van der Waals surface area contributed by atoms with E-state index in [-0.39, 0.29) is 11.9 Å².